The summed E-state index contributed by atoms with van der Waals surface area (Å²) in [7, 11) is 1.59. The molecule has 0 aliphatic rings. The number of ether oxygens (including phenoxy) is 1. The van der Waals surface area contributed by atoms with Gasteiger partial charge in [-0.15, -0.1) is 0 Å². The van der Waals surface area contributed by atoms with Gasteiger partial charge in [0, 0.05) is 13.7 Å². The topological polar surface area (TPSA) is 29.5 Å². The van der Waals surface area contributed by atoms with Gasteiger partial charge in [-0.2, -0.15) is 0 Å². The van der Waals surface area contributed by atoms with Crippen molar-refractivity contribution in [1.29, 1.82) is 0 Å². The summed E-state index contributed by atoms with van der Waals surface area (Å²) in [5, 5.41) is 0. The Kier molecular flexibility index (Phi) is 5.75. The Bertz CT molecular complexity index is 425. The fraction of sp³-hybridized carbons (Fsp3) is 0.462. The lowest BCUT2D eigenvalue weighted by Gasteiger charge is -2.28. The summed E-state index contributed by atoms with van der Waals surface area (Å²) in [6, 6.07) is 4.40. The van der Waals surface area contributed by atoms with Gasteiger partial charge in [0.15, 0.2) is 0 Å². The van der Waals surface area contributed by atoms with Crippen LogP contribution in [0, 0.1) is 5.82 Å². The van der Waals surface area contributed by atoms with Crippen LogP contribution in [0.4, 0.5) is 4.39 Å². The van der Waals surface area contributed by atoms with Crippen molar-refractivity contribution in [1.82, 2.24) is 4.90 Å². The summed E-state index contributed by atoms with van der Waals surface area (Å²) < 4.78 is 18.7. The highest BCUT2D eigenvalue weighted by molar-refractivity contribution is 9.10. The first-order valence-corrected chi connectivity index (χ1v) is 6.56. The second-order valence-electron chi connectivity index (χ2n) is 4.00. The molecule has 1 atom stereocenters. The molecule has 1 unspecified atom stereocenters. The molecule has 0 aliphatic heterocycles. The van der Waals surface area contributed by atoms with Crippen molar-refractivity contribution in [2.75, 3.05) is 20.3 Å². The molecule has 0 saturated heterocycles. The third-order valence-corrected chi connectivity index (χ3v) is 3.53. The maximum absolute atomic E-state index is 13.4. The van der Waals surface area contributed by atoms with Crippen LogP contribution >= 0.6 is 15.9 Å². The first-order chi connectivity index (χ1) is 8.52. The third kappa shape index (κ3) is 3.29. The van der Waals surface area contributed by atoms with Crippen LogP contribution in [0.1, 0.15) is 24.2 Å². The molecule has 0 aromatic heterocycles. The standard InChI is InChI=1S/C13H17BrFNO2/c1-4-16(9(2)8-18-3)13(17)10-6-5-7-11(15)12(10)14/h5-7,9H,4,8H2,1-3H3. The van der Waals surface area contributed by atoms with Crippen molar-refractivity contribution in [3.05, 3.63) is 34.1 Å². The maximum Gasteiger partial charge on any atom is 0.255 e. The Morgan fingerprint density at radius 3 is 2.78 bits per heavy atom. The van der Waals surface area contributed by atoms with E-state index < -0.39 is 5.82 Å². The molecule has 1 amide bonds. The third-order valence-electron chi connectivity index (χ3n) is 2.72. The number of likely N-dealkylation sites (N-methyl/N-ethyl adjacent to an activating group) is 1. The normalized spacial score (nSPS) is 12.3. The van der Waals surface area contributed by atoms with Crippen molar-refractivity contribution >= 4 is 21.8 Å². The van der Waals surface area contributed by atoms with Crippen molar-refractivity contribution in [2.45, 2.75) is 19.9 Å². The Morgan fingerprint density at radius 2 is 2.22 bits per heavy atom. The predicted octanol–water partition coefficient (Wildman–Crippen LogP) is 3.09. The molecule has 0 bridgehead atoms. The summed E-state index contributed by atoms with van der Waals surface area (Å²) in [4.78, 5) is 14.0. The number of methoxy groups -OCH3 is 1. The van der Waals surface area contributed by atoms with E-state index >= 15 is 0 Å². The van der Waals surface area contributed by atoms with Crippen molar-refractivity contribution < 1.29 is 13.9 Å². The number of carbonyl (C=O) groups excluding carboxylic acids is 1. The van der Waals surface area contributed by atoms with Gasteiger partial charge in [-0.1, -0.05) is 6.07 Å². The van der Waals surface area contributed by atoms with Crippen LogP contribution in [0.5, 0.6) is 0 Å². The summed E-state index contributed by atoms with van der Waals surface area (Å²) in [6.07, 6.45) is 0. The molecule has 0 N–H and O–H groups in total. The maximum atomic E-state index is 13.4. The van der Waals surface area contributed by atoms with Gasteiger partial charge in [0.05, 0.1) is 22.7 Å². The molecule has 0 saturated carbocycles. The van der Waals surface area contributed by atoms with Crippen molar-refractivity contribution in [2.24, 2.45) is 0 Å². The number of hydrogen-bond acceptors (Lipinski definition) is 2. The lowest BCUT2D eigenvalue weighted by atomic mass is 10.1. The number of halogens is 2. The van der Waals surface area contributed by atoms with E-state index in [2.05, 4.69) is 15.9 Å². The largest absolute Gasteiger partial charge is 0.383 e. The van der Waals surface area contributed by atoms with E-state index in [1.54, 1.807) is 18.1 Å². The van der Waals surface area contributed by atoms with E-state index in [9.17, 15) is 9.18 Å². The van der Waals surface area contributed by atoms with Gasteiger partial charge in [0.25, 0.3) is 5.91 Å². The first kappa shape index (κ1) is 15.1. The zero-order valence-electron chi connectivity index (χ0n) is 10.7. The zero-order chi connectivity index (χ0) is 13.7. The zero-order valence-corrected chi connectivity index (χ0v) is 12.3. The predicted molar refractivity (Wildman–Crippen MR) is 72.1 cm³/mol. The molecular weight excluding hydrogens is 301 g/mol. The highest BCUT2D eigenvalue weighted by Crippen LogP contribution is 2.22. The Hall–Kier alpha value is -0.940. The summed E-state index contributed by atoms with van der Waals surface area (Å²) >= 11 is 3.11. The molecule has 100 valence electrons. The number of amides is 1. The molecule has 0 spiro atoms. The van der Waals surface area contributed by atoms with E-state index in [-0.39, 0.29) is 16.4 Å². The minimum Gasteiger partial charge on any atom is -0.383 e. The molecule has 0 radical (unpaired) electrons. The number of carbonyl (C=O) groups is 1. The van der Waals surface area contributed by atoms with E-state index in [0.717, 1.165) is 0 Å². The molecule has 18 heavy (non-hydrogen) atoms. The van der Waals surface area contributed by atoms with E-state index in [1.165, 1.54) is 12.1 Å². The Morgan fingerprint density at radius 1 is 1.56 bits per heavy atom. The molecule has 0 aliphatic carbocycles. The van der Waals surface area contributed by atoms with Gasteiger partial charge in [0.1, 0.15) is 5.82 Å². The molecule has 5 heteroatoms. The number of rotatable bonds is 5. The Balaban J connectivity index is 3.00. The van der Waals surface area contributed by atoms with E-state index in [0.29, 0.717) is 18.7 Å². The second kappa shape index (κ2) is 6.85. The molecule has 1 rings (SSSR count). The number of nitrogens with zero attached hydrogens (tertiary/aromatic N) is 1. The summed E-state index contributed by atoms with van der Waals surface area (Å²) in [6.45, 7) is 4.79. The highest BCUT2D eigenvalue weighted by Gasteiger charge is 2.22. The second-order valence-corrected chi connectivity index (χ2v) is 4.79. The average molecular weight is 318 g/mol. The molecule has 0 fully saturated rings. The first-order valence-electron chi connectivity index (χ1n) is 5.76. The molecule has 0 heterocycles. The molecule has 3 nitrogen and oxygen atoms in total. The van der Waals surface area contributed by atoms with Gasteiger partial charge in [-0.3, -0.25) is 4.79 Å². The smallest absolute Gasteiger partial charge is 0.255 e. The van der Waals surface area contributed by atoms with Crippen molar-refractivity contribution in [3.8, 4) is 0 Å². The number of benzene rings is 1. The minimum absolute atomic E-state index is 0.0531. The SMILES string of the molecule is CCN(C(=O)c1cccc(F)c1Br)C(C)COC. The summed E-state index contributed by atoms with van der Waals surface area (Å²) in [5.41, 5.74) is 0.333. The highest BCUT2D eigenvalue weighted by atomic mass is 79.9. The molecule has 1 aromatic rings. The van der Waals surface area contributed by atoms with Gasteiger partial charge in [0.2, 0.25) is 0 Å². The molecule has 1 aromatic carbocycles. The monoisotopic (exact) mass is 317 g/mol. The molecular formula is C13H17BrFNO2. The van der Waals surface area contributed by atoms with Crippen LogP contribution in [0.3, 0.4) is 0 Å². The fourth-order valence-electron chi connectivity index (χ4n) is 1.81. The minimum atomic E-state index is -0.434. The fourth-order valence-corrected chi connectivity index (χ4v) is 2.24. The van der Waals surface area contributed by atoms with Gasteiger partial charge in [-0.05, 0) is 41.9 Å². The van der Waals surface area contributed by atoms with Gasteiger partial charge >= 0.3 is 0 Å². The lowest BCUT2D eigenvalue weighted by molar-refractivity contribution is 0.0578. The van der Waals surface area contributed by atoms with Crippen LogP contribution in [-0.2, 0) is 4.74 Å². The van der Waals surface area contributed by atoms with Crippen LogP contribution in [0.15, 0.2) is 22.7 Å². The van der Waals surface area contributed by atoms with Gasteiger partial charge in [-0.25, -0.2) is 4.39 Å². The van der Waals surface area contributed by atoms with E-state index in [4.69, 9.17) is 4.74 Å². The Labute approximate surface area is 115 Å². The summed E-state index contributed by atoms with van der Waals surface area (Å²) in [5.74, 6) is -0.635. The van der Waals surface area contributed by atoms with E-state index in [1.807, 2.05) is 13.8 Å². The lowest BCUT2D eigenvalue weighted by Crippen LogP contribution is -2.41. The van der Waals surface area contributed by atoms with Crippen LogP contribution in [0.2, 0.25) is 0 Å². The van der Waals surface area contributed by atoms with Gasteiger partial charge < -0.3 is 9.64 Å². The quantitative estimate of drug-likeness (QED) is 0.835. The van der Waals surface area contributed by atoms with Crippen molar-refractivity contribution in [3.63, 3.8) is 0 Å². The number of hydrogen-bond donors (Lipinski definition) is 0. The van der Waals surface area contributed by atoms with Crippen LogP contribution < -0.4 is 0 Å². The van der Waals surface area contributed by atoms with Crippen LogP contribution in [-0.4, -0.2) is 37.1 Å². The average Bonchev–Trinajstić information content (AvgIpc) is 2.33. The van der Waals surface area contributed by atoms with Crippen LogP contribution in [0.25, 0.3) is 0 Å².